The summed E-state index contributed by atoms with van der Waals surface area (Å²) in [4.78, 5) is 71.4. The highest BCUT2D eigenvalue weighted by atomic mass is 32.2. The van der Waals surface area contributed by atoms with E-state index < -0.39 is 74.6 Å². The molecule has 4 amide bonds. The molecule has 1 saturated heterocycles. The van der Waals surface area contributed by atoms with Gasteiger partial charge in [0.05, 0.1) is 29.9 Å². The lowest BCUT2D eigenvalue weighted by Crippen LogP contribution is -2.52. The van der Waals surface area contributed by atoms with Crippen LogP contribution in [0.15, 0.2) is 30.9 Å². The first-order valence-electron chi connectivity index (χ1n) is 18.5. The number of nitrogens with one attached hydrogen (secondary N) is 2. The summed E-state index contributed by atoms with van der Waals surface area (Å²) in [5.74, 6) is -2.11. The number of unbranched alkanes of at least 4 members (excludes halogenated alkanes) is 1. The Morgan fingerprint density at radius 1 is 1.10 bits per heavy atom. The van der Waals surface area contributed by atoms with Crippen molar-refractivity contribution in [2.24, 2.45) is 11.3 Å². The van der Waals surface area contributed by atoms with E-state index in [-0.39, 0.29) is 32.4 Å². The van der Waals surface area contributed by atoms with E-state index >= 15 is 0 Å². The Balaban J connectivity index is 1.24. The van der Waals surface area contributed by atoms with Gasteiger partial charge in [-0.3, -0.25) is 24.0 Å². The summed E-state index contributed by atoms with van der Waals surface area (Å²) in [6, 6.07) is 4.05. The fourth-order valence-corrected chi connectivity index (χ4v) is 9.18. The fraction of sp³-hybridized carbons (Fsp3) is 0.649. The van der Waals surface area contributed by atoms with E-state index in [1.807, 2.05) is 19.1 Å². The maximum absolute atomic E-state index is 14.2. The number of amides is 4. The summed E-state index contributed by atoms with van der Waals surface area (Å²) < 4.78 is 39.0. The summed E-state index contributed by atoms with van der Waals surface area (Å²) >= 11 is 0. The van der Waals surface area contributed by atoms with Crippen molar-refractivity contribution in [1.29, 1.82) is 0 Å². The van der Waals surface area contributed by atoms with Gasteiger partial charge in [0.1, 0.15) is 12.1 Å². The molecule has 2 N–H and O–H groups in total. The normalized spacial score (nSPS) is 28.7. The van der Waals surface area contributed by atoms with E-state index in [2.05, 4.69) is 22.7 Å². The third-order valence-electron chi connectivity index (χ3n) is 11.1. The highest BCUT2D eigenvalue weighted by molar-refractivity contribution is 7.90. The number of ketones is 1. The molecule has 2 aliphatic carbocycles. The van der Waals surface area contributed by atoms with Gasteiger partial charge in [0.15, 0.2) is 5.78 Å². The number of hydrogen-bond donors (Lipinski definition) is 2. The number of Topliss-reactive ketones (excluding diaryl/α,β-unsaturated/α-hetero) is 1. The second-order valence-corrected chi connectivity index (χ2v) is 16.8. The van der Waals surface area contributed by atoms with Crippen LogP contribution < -0.4 is 10.0 Å². The molecule has 278 valence electrons. The fourth-order valence-electron chi connectivity index (χ4n) is 7.80. The van der Waals surface area contributed by atoms with Gasteiger partial charge in [-0.05, 0) is 67.6 Å². The number of allylic oxidation sites excluding steroid dienone is 1. The zero-order valence-electron chi connectivity index (χ0n) is 29.4. The molecule has 4 bridgehead atoms. The van der Waals surface area contributed by atoms with Crippen LogP contribution in [0.4, 0.5) is 9.59 Å². The number of benzene rings is 1. The molecule has 3 heterocycles. The first-order valence-corrected chi connectivity index (χ1v) is 20.0. The summed E-state index contributed by atoms with van der Waals surface area (Å²) in [6.45, 7) is 6.69. The Morgan fingerprint density at radius 2 is 1.86 bits per heavy atom. The molecular formula is C37H50N4O9S. The standard InChI is InChI=1S/C37H50N4O9S/c1-3-5-14-30-33(43)41-22-27(18-31(41)32(42)20-37(19-26(37)4-2)34(44)39-51(47,48)28-15-16-28)50-36(46)40-21-25-13-10-12-24(29(25)23-40)11-8-6-7-9-17-49-35(45)38-30/h4,10,12-13,26-28,30-31H,2-3,5-9,11,14-23H2,1H3,(H,38,45)(H,39,44)/t26-,27-,30+,31+,37-/m1/s1. The lowest BCUT2D eigenvalue weighted by atomic mass is 9.91. The number of rotatable bonds is 10. The van der Waals surface area contributed by atoms with Crippen LogP contribution >= 0.6 is 0 Å². The molecule has 14 heteroatoms. The molecule has 6 rings (SSSR count). The first-order chi connectivity index (χ1) is 24.5. The number of carbonyl (C=O) groups excluding carboxylic acids is 5. The van der Waals surface area contributed by atoms with Gasteiger partial charge in [0.25, 0.3) is 0 Å². The number of ether oxygens (including phenoxy) is 2. The third kappa shape index (κ3) is 8.26. The SMILES string of the molecule is C=C[C@@H]1C[C@]1(CC(=O)[C@@H]1C[C@@H]2CN1C(=O)[C@H](CCCC)NC(=O)OCCCCCCc1cccc3c1CN(C3)C(=O)O2)C(=O)NS(=O)(=O)C1CC1. The van der Waals surface area contributed by atoms with Crippen molar-refractivity contribution in [1.82, 2.24) is 19.8 Å². The van der Waals surface area contributed by atoms with Gasteiger partial charge >= 0.3 is 12.2 Å². The minimum absolute atomic E-state index is 0.00409. The van der Waals surface area contributed by atoms with Crippen molar-refractivity contribution in [2.75, 3.05) is 13.2 Å². The molecule has 1 aromatic carbocycles. The molecular weight excluding hydrogens is 676 g/mol. The number of fused-ring (bicyclic) bond motifs is 3. The van der Waals surface area contributed by atoms with E-state index in [0.29, 0.717) is 45.2 Å². The van der Waals surface area contributed by atoms with Crippen LogP contribution in [0.1, 0.15) is 101 Å². The van der Waals surface area contributed by atoms with Gasteiger partial charge in [-0.2, -0.15) is 0 Å². The van der Waals surface area contributed by atoms with Crippen molar-refractivity contribution in [2.45, 2.75) is 127 Å². The molecule has 3 fully saturated rings. The van der Waals surface area contributed by atoms with Gasteiger partial charge < -0.3 is 19.7 Å². The van der Waals surface area contributed by atoms with Crippen molar-refractivity contribution >= 4 is 39.8 Å². The van der Waals surface area contributed by atoms with E-state index in [9.17, 15) is 32.4 Å². The number of cyclic esters (lactones) is 1. The van der Waals surface area contributed by atoms with Crippen LogP contribution in [0.2, 0.25) is 0 Å². The molecule has 0 spiro atoms. The predicted molar refractivity (Wildman–Crippen MR) is 186 cm³/mol. The lowest BCUT2D eigenvalue weighted by Gasteiger charge is -2.29. The van der Waals surface area contributed by atoms with Crippen LogP contribution in [0, 0.1) is 11.3 Å². The van der Waals surface area contributed by atoms with Gasteiger partial charge in [0.2, 0.25) is 21.8 Å². The summed E-state index contributed by atoms with van der Waals surface area (Å²) in [5, 5.41) is 2.10. The summed E-state index contributed by atoms with van der Waals surface area (Å²) in [7, 11) is -3.86. The van der Waals surface area contributed by atoms with Crippen LogP contribution in [-0.2, 0) is 53.4 Å². The summed E-state index contributed by atoms with van der Waals surface area (Å²) in [6.07, 6.45) is 6.39. The number of sulfonamides is 1. The van der Waals surface area contributed by atoms with Crippen molar-refractivity contribution < 1.29 is 41.9 Å². The number of nitrogens with zero attached hydrogens (tertiary/aromatic N) is 2. The average molecular weight is 727 g/mol. The van der Waals surface area contributed by atoms with E-state index in [1.165, 1.54) is 10.5 Å². The van der Waals surface area contributed by atoms with Gasteiger partial charge in [-0.15, -0.1) is 6.58 Å². The molecule has 1 aromatic rings. The molecule has 0 aromatic heterocycles. The maximum atomic E-state index is 14.2. The largest absolute Gasteiger partial charge is 0.450 e. The topological polar surface area (TPSA) is 168 Å². The quantitative estimate of drug-likeness (QED) is 0.335. The smallest absolute Gasteiger partial charge is 0.410 e. The van der Waals surface area contributed by atoms with Crippen LogP contribution in [0.5, 0.6) is 0 Å². The first kappa shape index (κ1) is 36.8. The maximum Gasteiger partial charge on any atom is 0.410 e. The molecule has 0 radical (unpaired) electrons. The lowest BCUT2D eigenvalue weighted by molar-refractivity contribution is -0.140. The summed E-state index contributed by atoms with van der Waals surface area (Å²) in [5.41, 5.74) is 2.07. The van der Waals surface area contributed by atoms with E-state index in [0.717, 1.165) is 43.2 Å². The van der Waals surface area contributed by atoms with Crippen molar-refractivity contribution in [3.8, 4) is 0 Å². The molecule has 3 aliphatic heterocycles. The number of alkyl carbamates (subject to hydrolysis) is 1. The molecule has 2 saturated carbocycles. The molecule has 5 atom stereocenters. The highest BCUT2D eigenvalue weighted by Gasteiger charge is 2.61. The number of hydrogen-bond acceptors (Lipinski definition) is 9. The molecule has 13 nitrogen and oxygen atoms in total. The van der Waals surface area contributed by atoms with Gasteiger partial charge in [0, 0.05) is 25.9 Å². The second-order valence-electron chi connectivity index (χ2n) is 14.8. The Kier molecular flexibility index (Phi) is 11.1. The third-order valence-corrected chi connectivity index (χ3v) is 12.9. The molecule has 0 unspecified atom stereocenters. The minimum atomic E-state index is -3.86. The Labute approximate surface area is 299 Å². The number of aryl methyl sites for hydroxylation is 1. The molecule has 5 aliphatic rings. The predicted octanol–water partition coefficient (Wildman–Crippen LogP) is 4.27. The Hall–Kier alpha value is -3.94. The van der Waals surface area contributed by atoms with Crippen LogP contribution in [-0.4, -0.2) is 84.6 Å². The highest BCUT2D eigenvalue weighted by Crippen LogP contribution is 2.57. The Morgan fingerprint density at radius 3 is 2.59 bits per heavy atom. The average Bonchev–Trinajstić information content (AvgIpc) is 3.99. The van der Waals surface area contributed by atoms with Crippen molar-refractivity contribution in [3.05, 3.63) is 47.5 Å². The minimum Gasteiger partial charge on any atom is -0.450 e. The van der Waals surface area contributed by atoms with Crippen LogP contribution in [0.3, 0.4) is 0 Å². The Bertz CT molecular complexity index is 1660. The van der Waals surface area contributed by atoms with Gasteiger partial charge in [-0.1, -0.05) is 56.9 Å². The zero-order valence-corrected chi connectivity index (χ0v) is 30.2. The van der Waals surface area contributed by atoms with Crippen LogP contribution in [0.25, 0.3) is 0 Å². The van der Waals surface area contributed by atoms with Crippen molar-refractivity contribution in [3.63, 3.8) is 0 Å². The monoisotopic (exact) mass is 726 g/mol. The van der Waals surface area contributed by atoms with Gasteiger partial charge in [-0.25, -0.2) is 18.0 Å². The van der Waals surface area contributed by atoms with E-state index in [4.69, 9.17) is 9.47 Å². The van der Waals surface area contributed by atoms with E-state index in [1.54, 1.807) is 11.0 Å². The zero-order chi connectivity index (χ0) is 36.3. The number of carbonyl (C=O) groups is 5. The second kappa shape index (κ2) is 15.3. The molecule has 51 heavy (non-hydrogen) atoms.